The first kappa shape index (κ1) is 10.6. The summed E-state index contributed by atoms with van der Waals surface area (Å²) in [7, 11) is 2.12. The molecule has 72 valence electrons. The fourth-order valence-corrected chi connectivity index (χ4v) is 2.01. The molecule has 2 heteroatoms. The van der Waals surface area contributed by atoms with Crippen LogP contribution in [0.15, 0.2) is 18.2 Å². The Labute approximate surface area is 88.9 Å². The maximum Gasteiger partial charge on any atom is 0.0393 e. The Hall–Kier alpha value is -0.500. The van der Waals surface area contributed by atoms with Crippen LogP contribution in [0.2, 0.25) is 0 Å². The summed E-state index contributed by atoms with van der Waals surface area (Å²) in [6, 6.07) is 6.57. The Morgan fingerprint density at radius 1 is 1.31 bits per heavy atom. The molecule has 1 aromatic rings. The zero-order chi connectivity index (χ0) is 9.84. The lowest BCUT2D eigenvalue weighted by molar-refractivity contribution is 0.974. The van der Waals surface area contributed by atoms with Crippen molar-refractivity contribution < 1.29 is 0 Å². The number of hydrogen-bond acceptors (Lipinski definition) is 1. The highest BCUT2D eigenvalue weighted by Gasteiger charge is 2.02. The van der Waals surface area contributed by atoms with Crippen molar-refractivity contribution in [3.63, 3.8) is 0 Å². The molecule has 0 aliphatic heterocycles. The lowest BCUT2D eigenvalue weighted by Crippen LogP contribution is -2.20. The topological polar surface area (TPSA) is 3.24 Å². The van der Waals surface area contributed by atoms with Crippen LogP contribution in [-0.2, 0) is 0 Å². The van der Waals surface area contributed by atoms with Crippen molar-refractivity contribution in [2.75, 3.05) is 23.8 Å². The van der Waals surface area contributed by atoms with E-state index in [0.717, 1.165) is 11.9 Å². The van der Waals surface area contributed by atoms with E-state index in [9.17, 15) is 0 Å². The quantitative estimate of drug-likeness (QED) is 0.736. The van der Waals surface area contributed by atoms with E-state index in [0.29, 0.717) is 0 Å². The Morgan fingerprint density at radius 3 is 2.54 bits per heavy atom. The van der Waals surface area contributed by atoms with Crippen molar-refractivity contribution in [2.24, 2.45) is 0 Å². The molecule has 1 rings (SSSR count). The van der Waals surface area contributed by atoms with Crippen LogP contribution in [0, 0.1) is 13.8 Å². The molecule has 0 spiro atoms. The molecule has 0 aliphatic rings. The summed E-state index contributed by atoms with van der Waals surface area (Å²) in [6.45, 7) is 5.33. The Kier molecular flexibility index (Phi) is 3.79. The van der Waals surface area contributed by atoms with Gasteiger partial charge in [0.2, 0.25) is 0 Å². The predicted molar refractivity (Wildman–Crippen MR) is 63.0 cm³/mol. The molecule has 0 fully saturated rings. The molecule has 0 aromatic heterocycles. The number of halogens is 1. The van der Waals surface area contributed by atoms with Gasteiger partial charge in [-0.1, -0.05) is 33.6 Å². The maximum absolute atomic E-state index is 3.44. The van der Waals surface area contributed by atoms with Gasteiger partial charge < -0.3 is 4.90 Å². The van der Waals surface area contributed by atoms with Crippen molar-refractivity contribution in [1.29, 1.82) is 0 Å². The van der Waals surface area contributed by atoms with Crippen molar-refractivity contribution in [3.8, 4) is 0 Å². The van der Waals surface area contributed by atoms with E-state index in [4.69, 9.17) is 0 Å². The molecule has 0 radical (unpaired) electrons. The van der Waals surface area contributed by atoms with Crippen LogP contribution < -0.4 is 4.90 Å². The van der Waals surface area contributed by atoms with Crippen LogP contribution in [0.3, 0.4) is 0 Å². The number of hydrogen-bond donors (Lipinski definition) is 0. The predicted octanol–water partition coefficient (Wildman–Crippen LogP) is 3.13. The summed E-state index contributed by atoms with van der Waals surface area (Å²) in [5, 5.41) is 1.01. The third kappa shape index (κ3) is 2.73. The van der Waals surface area contributed by atoms with Crippen LogP contribution in [-0.4, -0.2) is 18.9 Å². The Balaban J connectivity index is 2.88. The van der Waals surface area contributed by atoms with E-state index in [-0.39, 0.29) is 0 Å². The molecule has 0 heterocycles. The molecule has 0 atom stereocenters. The van der Waals surface area contributed by atoms with Gasteiger partial charge in [-0.25, -0.2) is 0 Å². The van der Waals surface area contributed by atoms with Crippen LogP contribution in [0.1, 0.15) is 11.1 Å². The van der Waals surface area contributed by atoms with Gasteiger partial charge in [-0.15, -0.1) is 0 Å². The minimum atomic E-state index is 1.01. The van der Waals surface area contributed by atoms with Crippen molar-refractivity contribution in [2.45, 2.75) is 13.8 Å². The van der Waals surface area contributed by atoms with E-state index in [1.165, 1.54) is 16.8 Å². The summed E-state index contributed by atoms with van der Waals surface area (Å²) in [6.07, 6.45) is 0. The summed E-state index contributed by atoms with van der Waals surface area (Å²) in [4.78, 5) is 2.27. The summed E-state index contributed by atoms with van der Waals surface area (Å²) >= 11 is 3.44. The van der Waals surface area contributed by atoms with Crippen molar-refractivity contribution in [1.82, 2.24) is 0 Å². The minimum absolute atomic E-state index is 1.01. The van der Waals surface area contributed by atoms with Crippen molar-refractivity contribution in [3.05, 3.63) is 29.3 Å². The zero-order valence-electron chi connectivity index (χ0n) is 8.47. The van der Waals surface area contributed by atoms with Gasteiger partial charge in [0.1, 0.15) is 0 Å². The molecule has 0 saturated carbocycles. The zero-order valence-corrected chi connectivity index (χ0v) is 10.1. The number of anilines is 1. The van der Waals surface area contributed by atoms with E-state index in [1.807, 2.05) is 0 Å². The SMILES string of the molecule is Cc1ccc(N(C)CCBr)c(C)c1. The molecule has 1 nitrogen and oxygen atoms in total. The molecule has 0 amide bonds. The van der Waals surface area contributed by atoms with Gasteiger partial charge in [-0.2, -0.15) is 0 Å². The number of aryl methyl sites for hydroxylation is 2. The van der Waals surface area contributed by atoms with E-state index in [1.54, 1.807) is 0 Å². The van der Waals surface area contributed by atoms with E-state index in [2.05, 4.69) is 59.9 Å². The molecule has 0 unspecified atom stereocenters. The largest absolute Gasteiger partial charge is 0.374 e. The van der Waals surface area contributed by atoms with Gasteiger partial charge in [0.15, 0.2) is 0 Å². The maximum atomic E-state index is 3.44. The number of nitrogens with zero attached hydrogens (tertiary/aromatic N) is 1. The second-order valence-corrected chi connectivity index (χ2v) is 4.19. The first-order chi connectivity index (χ1) is 6.15. The number of benzene rings is 1. The molecule has 0 saturated heterocycles. The lowest BCUT2D eigenvalue weighted by Gasteiger charge is -2.20. The average molecular weight is 242 g/mol. The summed E-state index contributed by atoms with van der Waals surface area (Å²) < 4.78 is 0. The standard InChI is InChI=1S/C11H16BrN/c1-9-4-5-11(10(2)8-9)13(3)7-6-12/h4-5,8H,6-7H2,1-3H3. The van der Waals surface area contributed by atoms with Gasteiger partial charge in [0.25, 0.3) is 0 Å². The van der Waals surface area contributed by atoms with Crippen molar-refractivity contribution >= 4 is 21.6 Å². The number of rotatable bonds is 3. The summed E-state index contributed by atoms with van der Waals surface area (Å²) in [5.41, 5.74) is 4.00. The fraction of sp³-hybridized carbons (Fsp3) is 0.455. The molecular weight excluding hydrogens is 226 g/mol. The normalized spacial score (nSPS) is 10.2. The van der Waals surface area contributed by atoms with Crippen LogP contribution in [0.5, 0.6) is 0 Å². The molecule has 0 aliphatic carbocycles. The second kappa shape index (κ2) is 4.66. The van der Waals surface area contributed by atoms with Gasteiger partial charge in [0, 0.05) is 24.6 Å². The third-order valence-electron chi connectivity index (χ3n) is 2.18. The first-order valence-corrected chi connectivity index (χ1v) is 5.61. The highest BCUT2D eigenvalue weighted by Crippen LogP contribution is 2.19. The van der Waals surface area contributed by atoms with E-state index < -0.39 is 0 Å². The summed E-state index contributed by atoms with van der Waals surface area (Å²) in [5.74, 6) is 0. The average Bonchev–Trinajstić information content (AvgIpc) is 2.04. The highest BCUT2D eigenvalue weighted by molar-refractivity contribution is 9.09. The van der Waals surface area contributed by atoms with Gasteiger partial charge in [-0.3, -0.25) is 0 Å². The third-order valence-corrected chi connectivity index (χ3v) is 2.54. The van der Waals surface area contributed by atoms with Gasteiger partial charge in [0.05, 0.1) is 0 Å². The molecule has 0 N–H and O–H groups in total. The van der Waals surface area contributed by atoms with Gasteiger partial charge in [-0.05, 0) is 25.5 Å². The lowest BCUT2D eigenvalue weighted by atomic mass is 10.1. The first-order valence-electron chi connectivity index (χ1n) is 4.49. The molecule has 0 bridgehead atoms. The Morgan fingerprint density at radius 2 is 2.00 bits per heavy atom. The second-order valence-electron chi connectivity index (χ2n) is 3.40. The highest BCUT2D eigenvalue weighted by atomic mass is 79.9. The smallest absolute Gasteiger partial charge is 0.0393 e. The minimum Gasteiger partial charge on any atom is -0.374 e. The van der Waals surface area contributed by atoms with Gasteiger partial charge >= 0.3 is 0 Å². The molecular formula is C11H16BrN. The van der Waals surface area contributed by atoms with E-state index >= 15 is 0 Å². The monoisotopic (exact) mass is 241 g/mol. The van der Waals surface area contributed by atoms with Crippen LogP contribution in [0.25, 0.3) is 0 Å². The fourth-order valence-electron chi connectivity index (χ4n) is 1.48. The number of alkyl halides is 1. The Bertz CT molecular complexity index is 283. The molecule has 13 heavy (non-hydrogen) atoms. The molecule has 1 aromatic carbocycles. The van der Waals surface area contributed by atoms with Crippen LogP contribution >= 0.6 is 15.9 Å². The van der Waals surface area contributed by atoms with Crippen LogP contribution in [0.4, 0.5) is 5.69 Å².